The van der Waals surface area contributed by atoms with Gasteiger partial charge in [0.1, 0.15) is 17.5 Å². The van der Waals surface area contributed by atoms with E-state index < -0.39 is 5.67 Å². The van der Waals surface area contributed by atoms with Gasteiger partial charge in [0.2, 0.25) is 6.41 Å². The number of hydrogen-bond donors (Lipinski definition) is 1. The maximum atomic E-state index is 14.7. The molecule has 2 heterocycles. The van der Waals surface area contributed by atoms with E-state index in [0.29, 0.717) is 48.8 Å². The predicted molar refractivity (Wildman–Crippen MR) is 151 cm³/mol. The van der Waals surface area contributed by atoms with Crippen LogP contribution in [-0.4, -0.2) is 67.1 Å². The fourth-order valence-electron chi connectivity index (χ4n) is 5.22. The minimum atomic E-state index is -1.09. The standard InChI is InChI=1S/C30H38FN3O2.CH3NO/c1-3-30(31,4-2)22-33-17-13-23(14-18-33)21-36-28-12-11-26(19-27(28)20-32)24-7-9-25(10-8-24)29(35)34-15-5-6-16-34;2-1-3/h7-12,19,23H,3-6,13-18,21-22H2,1-2H3;1H,(H2,2,3). The molecule has 0 radical (unpaired) electrons. The van der Waals surface area contributed by atoms with E-state index in [-0.39, 0.29) is 12.3 Å². The van der Waals surface area contributed by atoms with E-state index in [1.807, 2.05) is 61.2 Å². The highest BCUT2D eigenvalue weighted by molar-refractivity contribution is 5.94. The summed E-state index contributed by atoms with van der Waals surface area (Å²) in [7, 11) is 0. The molecule has 2 saturated heterocycles. The SMILES string of the molecule is CCC(F)(CC)CN1CCC(COc2ccc(-c3ccc(C(=O)N4CCCC4)cc3)cc2C#N)CC1.NC=O. The Bertz CT molecular complexity index is 1110. The molecule has 0 spiro atoms. The van der Waals surface area contributed by atoms with Gasteiger partial charge in [-0.2, -0.15) is 5.26 Å². The van der Waals surface area contributed by atoms with Crippen LogP contribution >= 0.6 is 0 Å². The molecule has 0 saturated carbocycles. The number of piperidine rings is 1. The summed E-state index contributed by atoms with van der Waals surface area (Å²) in [5, 5.41) is 9.73. The summed E-state index contributed by atoms with van der Waals surface area (Å²) in [5.74, 6) is 1.10. The number of hydrogen-bond acceptors (Lipinski definition) is 5. The van der Waals surface area contributed by atoms with Crippen molar-refractivity contribution in [2.45, 2.75) is 58.0 Å². The number of rotatable bonds is 9. The van der Waals surface area contributed by atoms with Gasteiger partial charge in [0.25, 0.3) is 5.91 Å². The molecular weight excluding hydrogens is 495 g/mol. The van der Waals surface area contributed by atoms with Crippen molar-refractivity contribution in [2.24, 2.45) is 11.7 Å². The highest BCUT2D eigenvalue weighted by atomic mass is 19.1. The third-order valence-electron chi connectivity index (χ3n) is 7.91. The number of nitrogens with zero attached hydrogens (tertiary/aromatic N) is 3. The van der Waals surface area contributed by atoms with Gasteiger partial charge < -0.3 is 20.3 Å². The normalized spacial score (nSPS) is 16.2. The van der Waals surface area contributed by atoms with Gasteiger partial charge >= 0.3 is 0 Å². The first-order chi connectivity index (χ1) is 18.9. The van der Waals surface area contributed by atoms with E-state index in [0.717, 1.165) is 63.0 Å². The van der Waals surface area contributed by atoms with Crippen molar-refractivity contribution in [3.8, 4) is 22.9 Å². The first-order valence-electron chi connectivity index (χ1n) is 14.0. The molecule has 210 valence electrons. The molecule has 2 aromatic rings. The van der Waals surface area contributed by atoms with Gasteiger partial charge in [-0.25, -0.2) is 4.39 Å². The maximum absolute atomic E-state index is 14.7. The molecule has 0 atom stereocenters. The number of carbonyl (C=O) groups excluding carboxylic acids is 2. The van der Waals surface area contributed by atoms with Crippen LogP contribution in [0.25, 0.3) is 11.1 Å². The van der Waals surface area contributed by atoms with Crippen LogP contribution in [0.4, 0.5) is 4.39 Å². The van der Waals surface area contributed by atoms with Crippen molar-refractivity contribution >= 4 is 12.3 Å². The first kappa shape index (κ1) is 30.1. The van der Waals surface area contributed by atoms with Crippen LogP contribution in [0.1, 0.15) is 68.3 Å². The number of benzene rings is 2. The Morgan fingerprint density at radius 2 is 1.67 bits per heavy atom. The van der Waals surface area contributed by atoms with Crippen molar-refractivity contribution in [1.82, 2.24) is 9.80 Å². The van der Waals surface area contributed by atoms with Crippen molar-refractivity contribution in [3.63, 3.8) is 0 Å². The van der Waals surface area contributed by atoms with Crippen LogP contribution in [0.2, 0.25) is 0 Å². The molecular formula is C31H41FN4O3. The van der Waals surface area contributed by atoms with Crippen molar-refractivity contribution in [3.05, 3.63) is 53.6 Å². The average Bonchev–Trinajstić information content (AvgIpc) is 3.52. The Balaban J connectivity index is 0.00000134. The number of likely N-dealkylation sites (tertiary alicyclic amines) is 2. The van der Waals surface area contributed by atoms with Crippen LogP contribution in [0.5, 0.6) is 5.75 Å². The van der Waals surface area contributed by atoms with Gasteiger partial charge in [-0.3, -0.25) is 9.59 Å². The van der Waals surface area contributed by atoms with Crippen molar-refractivity contribution in [2.75, 3.05) is 39.3 Å². The minimum Gasteiger partial charge on any atom is -0.492 e. The van der Waals surface area contributed by atoms with E-state index in [2.05, 4.69) is 16.7 Å². The summed E-state index contributed by atoms with van der Waals surface area (Å²) in [6, 6.07) is 15.6. The van der Waals surface area contributed by atoms with Crippen LogP contribution in [-0.2, 0) is 4.79 Å². The quantitative estimate of drug-likeness (QED) is 0.445. The van der Waals surface area contributed by atoms with Gasteiger partial charge in [0.15, 0.2) is 0 Å². The number of carbonyl (C=O) groups is 2. The van der Waals surface area contributed by atoms with Crippen LogP contribution in [0.15, 0.2) is 42.5 Å². The molecule has 0 unspecified atom stereocenters. The summed E-state index contributed by atoms with van der Waals surface area (Å²) < 4.78 is 20.8. The third-order valence-corrected chi connectivity index (χ3v) is 7.91. The number of primary amides is 1. The highest BCUT2D eigenvalue weighted by Crippen LogP contribution is 2.29. The van der Waals surface area contributed by atoms with E-state index in [9.17, 15) is 14.4 Å². The number of amides is 2. The van der Waals surface area contributed by atoms with E-state index in [1.54, 1.807) is 0 Å². The van der Waals surface area contributed by atoms with Gasteiger partial charge in [0.05, 0.1) is 12.2 Å². The second-order valence-corrected chi connectivity index (χ2v) is 10.4. The summed E-state index contributed by atoms with van der Waals surface area (Å²) >= 11 is 0. The monoisotopic (exact) mass is 536 g/mol. The summed E-state index contributed by atoms with van der Waals surface area (Å²) in [4.78, 5) is 25.3. The Kier molecular flexibility index (Phi) is 11.3. The second kappa shape index (κ2) is 14.6. The molecule has 2 aliphatic heterocycles. The topological polar surface area (TPSA) is 99.7 Å². The third kappa shape index (κ3) is 8.27. The Morgan fingerprint density at radius 1 is 1.08 bits per heavy atom. The molecule has 8 heteroatoms. The molecule has 0 aliphatic carbocycles. The van der Waals surface area contributed by atoms with E-state index >= 15 is 0 Å². The average molecular weight is 537 g/mol. The van der Waals surface area contributed by atoms with Gasteiger partial charge in [-0.1, -0.05) is 32.0 Å². The summed E-state index contributed by atoms with van der Waals surface area (Å²) in [6.07, 6.45) is 5.47. The zero-order valence-electron chi connectivity index (χ0n) is 23.2. The zero-order valence-corrected chi connectivity index (χ0v) is 23.2. The predicted octanol–water partition coefficient (Wildman–Crippen LogP) is 5.18. The second-order valence-electron chi connectivity index (χ2n) is 10.4. The maximum Gasteiger partial charge on any atom is 0.253 e. The van der Waals surface area contributed by atoms with Gasteiger partial charge in [-0.15, -0.1) is 0 Å². The fourth-order valence-corrected chi connectivity index (χ4v) is 5.22. The van der Waals surface area contributed by atoms with Crippen molar-refractivity contribution in [1.29, 1.82) is 5.26 Å². The molecule has 2 aliphatic rings. The van der Waals surface area contributed by atoms with Gasteiger partial charge in [0, 0.05) is 25.2 Å². The van der Waals surface area contributed by atoms with Crippen LogP contribution in [0.3, 0.4) is 0 Å². The van der Waals surface area contributed by atoms with Crippen LogP contribution in [0, 0.1) is 17.2 Å². The lowest BCUT2D eigenvalue weighted by molar-refractivity contribution is -0.106. The molecule has 2 amide bonds. The number of nitriles is 1. The molecule has 0 aromatic heterocycles. The fraction of sp³-hybridized carbons (Fsp3) is 0.516. The summed E-state index contributed by atoms with van der Waals surface area (Å²) in [5.41, 5.74) is 6.18. The molecule has 39 heavy (non-hydrogen) atoms. The van der Waals surface area contributed by atoms with E-state index in [1.165, 1.54) is 0 Å². The Labute approximate surface area is 231 Å². The molecule has 7 nitrogen and oxygen atoms in total. The van der Waals surface area contributed by atoms with Crippen molar-refractivity contribution < 1.29 is 18.7 Å². The lowest BCUT2D eigenvalue weighted by atomic mass is 9.94. The summed E-state index contributed by atoms with van der Waals surface area (Å²) in [6.45, 7) is 8.38. The molecule has 2 fully saturated rings. The largest absolute Gasteiger partial charge is 0.492 e. The lowest BCUT2D eigenvalue weighted by Crippen LogP contribution is -2.44. The van der Waals surface area contributed by atoms with E-state index in [4.69, 9.17) is 9.53 Å². The molecule has 0 bridgehead atoms. The van der Waals surface area contributed by atoms with Gasteiger partial charge in [-0.05, 0) is 92.9 Å². The molecule has 2 aromatic carbocycles. The first-order valence-corrected chi connectivity index (χ1v) is 14.0. The Hall–Kier alpha value is -3.44. The smallest absolute Gasteiger partial charge is 0.253 e. The molecule has 2 N–H and O–H groups in total. The zero-order chi connectivity index (χ0) is 28.3. The Morgan fingerprint density at radius 3 is 2.23 bits per heavy atom. The highest BCUT2D eigenvalue weighted by Gasteiger charge is 2.30. The number of nitrogens with two attached hydrogens (primary N) is 1. The lowest BCUT2D eigenvalue weighted by Gasteiger charge is -2.36. The molecule has 4 rings (SSSR count). The number of ether oxygens (including phenoxy) is 1. The number of alkyl halides is 1. The minimum absolute atomic E-state index is 0.0890. The van der Waals surface area contributed by atoms with Crippen LogP contribution < -0.4 is 10.5 Å². The number of halogens is 1.